The Morgan fingerprint density at radius 2 is 0.596 bits per heavy atom. The largest absolute Gasteiger partial charge is 0.466 e. The minimum absolute atomic E-state index is 0.381. The third-order valence-corrected chi connectivity index (χ3v) is 11.8. The Morgan fingerprint density at radius 3 is 0.737 bits per heavy atom. The first kappa shape index (κ1) is 61.4. The lowest BCUT2D eigenvalue weighted by Gasteiger charge is -2.44. The molecule has 57 heavy (non-hydrogen) atoms. The van der Waals surface area contributed by atoms with Crippen LogP contribution < -0.4 is 0 Å². The van der Waals surface area contributed by atoms with Crippen molar-refractivity contribution < 1.29 is 60.8 Å². The highest BCUT2D eigenvalue weighted by molar-refractivity contribution is 7.87. The van der Waals surface area contributed by atoms with E-state index in [4.69, 9.17) is 28.4 Å². The maximum absolute atomic E-state index is 11.7. The Morgan fingerprint density at radius 1 is 0.421 bits per heavy atom. The van der Waals surface area contributed by atoms with Crippen LogP contribution in [0.3, 0.4) is 0 Å². The van der Waals surface area contributed by atoms with Gasteiger partial charge in [-0.25, -0.2) is 4.57 Å². The molecule has 0 aromatic rings. The second-order valence-electron chi connectivity index (χ2n) is 15.9. The van der Waals surface area contributed by atoms with Crippen LogP contribution in [0.2, 0.25) is 0 Å². The number of hydrogen-bond acceptors (Lipinski definition) is 8. The summed E-state index contributed by atoms with van der Waals surface area (Å²) in [6.45, 7) is 3.42. The van der Waals surface area contributed by atoms with Gasteiger partial charge in [-0.15, -0.1) is 3.63 Å². The molecule has 0 fully saturated rings. The van der Waals surface area contributed by atoms with Crippen LogP contribution in [0.1, 0.15) is 232 Å². The van der Waals surface area contributed by atoms with E-state index in [1.807, 2.05) is 0 Å². The van der Waals surface area contributed by atoms with Crippen molar-refractivity contribution in [3.63, 3.8) is 0 Å². The van der Waals surface area contributed by atoms with Gasteiger partial charge in [0.15, 0.2) is 0 Å². The number of rotatable bonds is 40. The summed E-state index contributed by atoms with van der Waals surface area (Å²) in [5.41, 5.74) is -2.44. The topological polar surface area (TPSA) is 243 Å². The molecule has 16 heteroatoms. The maximum Gasteiger partial charge on any atom is 0.466 e. The summed E-state index contributed by atoms with van der Waals surface area (Å²) in [6.07, 6.45) is 43.0. The van der Waals surface area contributed by atoms with Crippen molar-refractivity contribution in [2.24, 2.45) is 5.41 Å². The second-order valence-corrected chi connectivity index (χ2v) is 18.3. The molecule has 0 bridgehead atoms. The quantitative estimate of drug-likeness (QED) is 0.0158. The molecular weight excluding hydrogens is 796 g/mol. The Balaban J connectivity index is -0.00000209. The number of aliphatic hydroxyl groups is 4. The molecular formula is C41H89O13PS2. The molecule has 0 saturated heterocycles. The Kier molecular flexibility index (Phi) is 47.6. The van der Waals surface area contributed by atoms with Crippen LogP contribution in [-0.2, 0) is 30.9 Å². The summed E-state index contributed by atoms with van der Waals surface area (Å²) in [7, 11) is -4.64. The van der Waals surface area contributed by atoms with Crippen LogP contribution >= 0.6 is 7.82 Å². The Labute approximate surface area is 353 Å². The van der Waals surface area contributed by atoms with Crippen molar-refractivity contribution in [1.29, 1.82) is 0 Å². The molecule has 0 radical (unpaired) electrons. The first-order valence-electron chi connectivity index (χ1n) is 22.4. The summed E-state index contributed by atoms with van der Waals surface area (Å²) in [4.78, 5) is 21.6. The van der Waals surface area contributed by atoms with E-state index in [1.165, 1.54) is 180 Å². The molecule has 0 atom stereocenters. The van der Waals surface area contributed by atoms with Crippen LogP contribution in [0.4, 0.5) is 0 Å². The molecule has 0 spiro atoms. The summed E-state index contributed by atoms with van der Waals surface area (Å²) >= 11 is -5.29. The van der Waals surface area contributed by atoms with Crippen molar-refractivity contribution in [1.82, 2.24) is 0 Å². The number of phosphoric acid groups is 1. The van der Waals surface area contributed by atoms with Crippen molar-refractivity contribution in [2.45, 2.75) is 238 Å². The molecule has 0 rings (SSSR count). The standard InChI is InChI=1S/C41H84O4.H2O5S2.H3O4P/c1-3-5-7-9-11-13-15-17-19-21-23-25-27-29-31-33-35-41(45,40(37-42,38-43)39-44)36-34-32-30-28-26-24-22-20-18-16-14-12-10-8-6-4-2;1-6(2)5-7(3)4;1-5(2,3)4/h42-45H,3-39H2,1-2H3;(H,1,2)(H,3,4);(H3,1,2,3,4). The molecule has 0 aliphatic carbocycles. The average molecular weight is 885 g/mol. The Bertz CT molecular complexity index is 859. The van der Waals surface area contributed by atoms with Crippen LogP contribution in [0.25, 0.3) is 0 Å². The van der Waals surface area contributed by atoms with Gasteiger partial charge in [0.05, 0.1) is 30.8 Å². The molecule has 13 nitrogen and oxygen atoms in total. The van der Waals surface area contributed by atoms with E-state index in [0.29, 0.717) is 12.8 Å². The van der Waals surface area contributed by atoms with Gasteiger partial charge in [0.2, 0.25) is 0 Å². The summed E-state index contributed by atoms with van der Waals surface area (Å²) in [5, 5.41) is 42.0. The SMILES string of the molecule is CCCCCCCCCCCCCCCCCCC(O)(CCCCCCCCCCCCCCCCCC)C(CO)(CO)CO.O=P(O)(O)O.O=S(O)OS(=O)O. The van der Waals surface area contributed by atoms with E-state index in [0.717, 1.165) is 25.7 Å². The second kappa shape index (κ2) is 44.2. The van der Waals surface area contributed by atoms with E-state index in [-0.39, 0.29) is 19.8 Å². The van der Waals surface area contributed by atoms with Gasteiger partial charge < -0.3 is 35.1 Å². The minimum atomic E-state index is -4.64. The molecule has 0 unspecified atom stereocenters. The fourth-order valence-corrected chi connectivity index (χ4v) is 7.63. The van der Waals surface area contributed by atoms with Gasteiger partial charge in [0.1, 0.15) is 0 Å². The predicted octanol–water partition coefficient (Wildman–Crippen LogP) is 10.3. The van der Waals surface area contributed by atoms with E-state index < -0.39 is 41.6 Å². The summed E-state index contributed by atoms with van der Waals surface area (Å²) < 4.78 is 46.1. The van der Waals surface area contributed by atoms with Gasteiger partial charge in [-0.2, -0.15) is 8.42 Å². The summed E-state index contributed by atoms with van der Waals surface area (Å²) in [6, 6.07) is 0. The minimum Gasteiger partial charge on any atom is -0.395 e. The van der Waals surface area contributed by atoms with Crippen LogP contribution in [0.5, 0.6) is 0 Å². The normalized spacial score (nSPS) is 13.1. The van der Waals surface area contributed by atoms with E-state index in [2.05, 4.69) is 17.5 Å². The number of hydrogen-bond donors (Lipinski definition) is 9. The van der Waals surface area contributed by atoms with Gasteiger partial charge in [0.25, 0.3) is 0 Å². The zero-order valence-electron chi connectivity index (χ0n) is 36.1. The van der Waals surface area contributed by atoms with Crippen molar-refractivity contribution in [3.05, 3.63) is 0 Å². The van der Waals surface area contributed by atoms with Crippen molar-refractivity contribution in [2.75, 3.05) is 19.8 Å². The molecule has 0 heterocycles. The molecule has 0 saturated carbocycles. The third kappa shape index (κ3) is 45.5. The van der Waals surface area contributed by atoms with Crippen LogP contribution in [-0.4, -0.2) is 78.1 Å². The number of unbranched alkanes of at least 4 members (excludes halogenated alkanes) is 30. The van der Waals surface area contributed by atoms with Gasteiger partial charge >= 0.3 is 30.5 Å². The maximum atomic E-state index is 11.7. The van der Waals surface area contributed by atoms with Gasteiger partial charge in [0, 0.05) is 0 Å². The first-order valence-corrected chi connectivity index (χ1v) is 26.0. The monoisotopic (exact) mass is 885 g/mol. The van der Waals surface area contributed by atoms with E-state index in [1.54, 1.807) is 0 Å². The lowest BCUT2D eigenvalue weighted by molar-refractivity contribution is -0.162. The predicted molar refractivity (Wildman–Crippen MR) is 234 cm³/mol. The van der Waals surface area contributed by atoms with Gasteiger partial charge in [-0.3, -0.25) is 9.11 Å². The van der Waals surface area contributed by atoms with Gasteiger partial charge in [-0.1, -0.05) is 219 Å². The highest BCUT2D eigenvalue weighted by Gasteiger charge is 2.48. The average Bonchev–Trinajstić information content (AvgIpc) is 3.14. The fraction of sp³-hybridized carbons (Fsp3) is 1.00. The third-order valence-electron chi connectivity index (χ3n) is 10.9. The lowest BCUT2D eigenvalue weighted by atomic mass is 9.68. The van der Waals surface area contributed by atoms with E-state index in [9.17, 15) is 28.8 Å². The zero-order chi connectivity index (χ0) is 43.5. The highest BCUT2D eigenvalue weighted by Crippen LogP contribution is 2.39. The molecule has 9 N–H and O–H groups in total. The first-order chi connectivity index (χ1) is 27.2. The fourth-order valence-electron chi connectivity index (χ4n) is 7.23. The molecule has 0 amide bonds. The molecule has 0 aliphatic heterocycles. The van der Waals surface area contributed by atoms with Crippen LogP contribution in [0.15, 0.2) is 0 Å². The smallest absolute Gasteiger partial charge is 0.395 e. The molecule has 0 aromatic heterocycles. The van der Waals surface area contributed by atoms with E-state index >= 15 is 0 Å². The number of aliphatic hydroxyl groups excluding tert-OH is 3. The van der Waals surface area contributed by atoms with Crippen LogP contribution in [0, 0.1) is 5.41 Å². The molecule has 0 aliphatic rings. The lowest BCUT2D eigenvalue weighted by Crippen LogP contribution is -2.55. The summed E-state index contributed by atoms with van der Waals surface area (Å²) in [5.74, 6) is 0. The van der Waals surface area contributed by atoms with Gasteiger partial charge in [-0.05, 0) is 12.8 Å². The van der Waals surface area contributed by atoms with Crippen molar-refractivity contribution in [3.8, 4) is 0 Å². The molecule has 0 aromatic carbocycles. The highest BCUT2D eigenvalue weighted by atomic mass is 32.3. The zero-order valence-corrected chi connectivity index (χ0v) is 38.6. The Hall–Kier alpha value is 0.130. The van der Waals surface area contributed by atoms with Crippen molar-refractivity contribution >= 4 is 30.5 Å². The molecule has 348 valence electrons.